The average Bonchev–Trinajstić information content (AvgIpc) is 2.35. The van der Waals surface area contributed by atoms with Gasteiger partial charge in [0.05, 0.1) is 11.3 Å². The van der Waals surface area contributed by atoms with Crippen LogP contribution in [0.3, 0.4) is 0 Å². The Morgan fingerprint density at radius 3 is 2.13 bits per heavy atom. The van der Waals surface area contributed by atoms with Crippen molar-refractivity contribution in [2.45, 2.75) is 36.4 Å². The number of sulfone groups is 1. The maximum absolute atomic E-state index is 12.7. The lowest BCUT2D eigenvalue weighted by Crippen LogP contribution is -2.39. The van der Waals surface area contributed by atoms with Crippen LogP contribution in [0.5, 0.6) is 0 Å². The van der Waals surface area contributed by atoms with E-state index in [9.17, 15) is 26.4 Å². The van der Waals surface area contributed by atoms with Crippen molar-refractivity contribution in [1.82, 2.24) is 0 Å². The Bertz CT molecular complexity index is 656. The Balaban J connectivity index is 3.03. The van der Waals surface area contributed by atoms with E-state index in [1.54, 1.807) is 0 Å². The van der Waals surface area contributed by atoms with Crippen LogP contribution >= 0.6 is 11.6 Å². The van der Waals surface area contributed by atoms with Gasteiger partial charge >= 0.3 is 12.1 Å². The molecule has 0 N–H and O–H groups in total. The summed E-state index contributed by atoms with van der Waals surface area (Å²) < 4.78 is 65.8. The average molecular weight is 373 g/mol. The molecule has 1 aromatic carbocycles. The molecule has 0 radical (unpaired) electrons. The predicted octanol–water partition coefficient (Wildman–Crippen LogP) is 3.13. The van der Waals surface area contributed by atoms with Gasteiger partial charge in [0.2, 0.25) is 0 Å². The third-order valence-corrected chi connectivity index (χ3v) is 4.32. The molecular formula is C14H16ClF3O4S. The molecule has 0 amide bonds. The van der Waals surface area contributed by atoms with Gasteiger partial charge in [-0.25, -0.2) is 8.42 Å². The monoisotopic (exact) mass is 372 g/mol. The number of benzene rings is 1. The number of carbonyl (C=O) groups excluding carboxylic acids is 1. The van der Waals surface area contributed by atoms with Crippen LogP contribution in [-0.4, -0.2) is 38.3 Å². The fourth-order valence-corrected chi connectivity index (χ4v) is 2.83. The molecule has 1 atom stereocenters. The van der Waals surface area contributed by atoms with Gasteiger partial charge in [-0.15, -0.1) is 11.6 Å². The second-order valence-electron chi connectivity index (χ2n) is 5.44. The molecule has 0 heterocycles. The van der Waals surface area contributed by atoms with Gasteiger partial charge in [-0.2, -0.15) is 13.2 Å². The molecule has 0 bridgehead atoms. The number of hydrogen-bond acceptors (Lipinski definition) is 4. The van der Waals surface area contributed by atoms with Crippen molar-refractivity contribution in [2.24, 2.45) is 0 Å². The van der Waals surface area contributed by atoms with Crippen LogP contribution in [0, 0.1) is 0 Å². The molecule has 0 aliphatic carbocycles. The van der Waals surface area contributed by atoms with E-state index in [4.69, 9.17) is 16.3 Å². The van der Waals surface area contributed by atoms with E-state index in [2.05, 4.69) is 0 Å². The second-order valence-corrected chi connectivity index (χ2v) is 7.73. The van der Waals surface area contributed by atoms with Crippen molar-refractivity contribution in [3.05, 3.63) is 29.8 Å². The quantitative estimate of drug-likeness (QED) is 0.568. The van der Waals surface area contributed by atoms with Crippen LogP contribution in [0.25, 0.3) is 0 Å². The summed E-state index contributed by atoms with van der Waals surface area (Å²) in [6.45, 7) is 1.16. The van der Waals surface area contributed by atoms with Gasteiger partial charge < -0.3 is 4.74 Å². The fourth-order valence-electron chi connectivity index (χ4n) is 2.15. The molecule has 0 aliphatic rings. The maximum atomic E-state index is 12.7. The van der Waals surface area contributed by atoms with Crippen molar-refractivity contribution in [2.75, 3.05) is 12.1 Å². The highest BCUT2D eigenvalue weighted by molar-refractivity contribution is 7.90. The van der Waals surface area contributed by atoms with Crippen LogP contribution in [-0.2, 0) is 25.8 Å². The summed E-state index contributed by atoms with van der Waals surface area (Å²) in [5.74, 6) is -1.51. The number of rotatable bonds is 6. The first-order chi connectivity index (χ1) is 10.3. The SMILES string of the molecule is C[C@@](Cc1ccc(S(C)(=O)=O)cc1)(CC(F)(F)F)OC(=O)CCl. The molecule has 0 fully saturated rings. The number of ether oxygens (including phenoxy) is 1. The summed E-state index contributed by atoms with van der Waals surface area (Å²) in [4.78, 5) is 11.3. The Hall–Kier alpha value is -1.28. The minimum absolute atomic E-state index is 0.0523. The molecule has 0 unspecified atom stereocenters. The predicted molar refractivity (Wildman–Crippen MR) is 79.1 cm³/mol. The van der Waals surface area contributed by atoms with Gasteiger partial charge in [0.1, 0.15) is 11.5 Å². The molecule has 0 saturated carbocycles. The van der Waals surface area contributed by atoms with E-state index in [1.807, 2.05) is 0 Å². The molecule has 23 heavy (non-hydrogen) atoms. The minimum atomic E-state index is -4.53. The minimum Gasteiger partial charge on any atom is -0.458 e. The van der Waals surface area contributed by atoms with Gasteiger partial charge in [-0.05, 0) is 24.6 Å². The Kier molecular flexibility index (Phi) is 6.09. The molecule has 0 aliphatic heterocycles. The first-order valence-corrected chi connectivity index (χ1v) is 8.91. The van der Waals surface area contributed by atoms with Crippen molar-refractivity contribution >= 4 is 27.4 Å². The summed E-state index contributed by atoms with van der Waals surface area (Å²) in [5, 5.41) is 0. The van der Waals surface area contributed by atoms with Crippen molar-refractivity contribution in [3.8, 4) is 0 Å². The first kappa shape index (κ1) is 19.8. The van der Waals surface area contributed by atoms with Crippen LogP contribution in [0.1, 0.15) is 18.9 Å². The molecule has 0 aromatic heterocycles. The smallest absolute Gasteiger partial charge is 0.392 e. The summed E-state index contributed by atoms with van der Waals surface area (Å²) in [5.41, 5.74) is -1.41. The first-order valence-electron chi connectivity index (χ1n) is 6.48. The van der Waals surface area contributed by atoms with E-state index < -0.39 is 39.9 Å². The van der Waals surface area contributed by atoms with E-state index in [0.717, 1.165) is 13.2 Å². The van der Waals surface area contributed by atoms with Gasteiger partial charge in [0, 0.05) is 12.7 Å². The van der Waals surface area contributed by atoms with Gasteiger partial charge in [0.25, 0.3) is 0 Å². The van der Waals surface area contributed by atoms with E-state index in [1.165, 1.54) is 24.3 Å². The molecule has 1 aromatic rings. The highest BCUT2D eigenvalue weighted by Crippen LogP contribution is 2.33. The number of carbonyl (C=O) groups is 1. The summed E-state index contributed by atoms with van der Waals surface area (Å²) >= 11 is 5.28. The lowest BCUT2D eigenvalue weighted by atomic mass is 9.92. The van der Waals surface area contributed by atoms with E-state index in [0.29, 0.717) is 5.56 Å². The lowest BCUT2D eigenvalue weighted by molar-refractivity contribution is -0.190. The number of alkyl halides is 4. The Morgan fingerprint density at radius 1 is 1.22 bits per heavy atom. The summed E-state index contributed by atoms with van der Waals surface area (Å²) in [7, 11) is -3.40. The third-order valence-electron chi connectivity index (χ3n) is 2.97. The van der Waals surface area contributed by atoms with E-state index in [-0.39, 0.29) is 11.3 Å². The Labute approximate surface area is 137 Å². The molecule has 130 valence electrons. The third kappa shape index (κ3) is 6.78. The number of halogens is 4. The van der Waals surface area contributed by atoms with Gasteiger partial charge in [-0.1, -0.05) is 12.1 Å². The van der Waals surface area contributed by atoms with Crippen molar-refractivity contribution < 1.29 is 31.1 Å². The zero-order chi connectivity index (χ0) is 17.9. The molecule has 9 heteroatoms. The van der Waals surface area contributed by atoms with Crippen LogP contribution in [0.2, 0.25) is 0 Å². The molecule has 0 saturated heterocycles. The standard InChI is InChI=1S/C14H16ClF3O4S/c1-13(9-14(16,17)18,22-12(19)8-15)7-10-3-5-11(6-4-10)23(2,20)21/h3-6H,7-9H2,1-2H3/t13-/m1/s1. The second kappa shape index (κ2) is 7.09. The topological polar surface area (TPSA) is 60.4 Å². The van der Waals surface area contributed by atoms with E-state index >= 15 is 0 Å². The van der Waals surface area contributed by atoms with Crippen molar-refractivity contribution in [3.63, 3.8) is 0 Å². The van der Waals surface area contributed by atoms with Gasteiger partial charge in [-0.3, -0.25) is 4.79 Å². The zero-order valence-corrected chi connectivity index (χ0v) is 14.1. The van der Waals surface area contributed by atoms with Crippen LogP contribution < -0.4 is 0 Å². The fraction of sp³-hybridized carbons (Fsp3) is 0.500. The largest absolute Gasteiger partial charge is 0.458 e. The lowest BCUT2D eigenvalue weighted by Gasteiger charge is -2.30. The normalized spacial score (nSPS) is 15.0. The maximum Gasteiger partial charge on any atom is 0.392 e. The van der Waals surface area contributed by atoms with Crippen LogP contribution in [0.4, 0.5) is 13.2 Å². The highest BCUT2D eigenvalue weighted by atomic mass is 35.5. The zero-order valence-electron chi connectivity index (χ0n) is 12.5. The summed E-state index contributed by atoms with van der Waals surface area (Å²) in [6, 6.07) is 5.36. The van der Waals surface area contributed by atoms with Crippen LogP contribution in [0.15, 0.2) is 29.2 Å². The summed E-state index contributed by atoms with van der Waals surface area (Å²) in [6.07, 6.45) is -5.07. The number of esters is 1. The highest BCUT2D eigenvalue weighted by Gasteiger charge is 2.42. The van der Waals surface area contributed by atoms with Crippen molar-refractivity contribution in [1.29, 1.82) is 0 Å². The molecule has 4 nitrogen and oxygen atoms in total. The molecule has 0 spiro atoms. The number of hydrogen-bond donors (Lipinski definition) is 0. The molecule has 1 rings (SSSR count). The Morgan fingerprint density at radius 2 is 1.74 bits per heavy atom. The van der Waals surface area contributed by atoms with Gasteiger partial charge in [0.15, 0.2) is 9.84 Å². The molecular weight excluding hydrogens is 357 g/mol.